The number of benzene rings is 1. The van der Waals surface area contributed by atoms with Gasteiger partial charge in [0.2, 0.25) is 0 Å². The molecule has 2 heterocycles. The van der Waals surface area contributed by atoms with Gasteiger partial charge in [0, 0.05) is 39.1 Å². The van der Waals surface area contributed by atoms with Gasteiger partial charge in [-0.2, -0.15) is 0 Å². The fourth-order valence-corrected chi connectivity index (χ4v) is 3.35. The average Bonchev–Trinajstić information content (AvgIpc) is 3.03. The summed E-state index contributed by atoms with van der Waals surface area (Å²) in [6.45, 7) is 2.85. The van der Waals surface area contributed by atoms with Crippen molar-refractivity contribution in [3.8, 4) is 0 Å². The predicted octanol–water partition coefficient (Wildman–Crippen LogP) is 2.08. The monoisotopic (exact) mass is 388 g/mol. The number of pyridine rings is 1. The molecule has 0 unspecified atom stereocenters. The molecule has 2 atom stereocenters. The molecule has 1 aliphatic rings. The van der Waals surface area contributed by atoms with Crippen LogP contribution in [0.1, 0.15) is 38.0 Å². The van der Waals surface area contributed by atoms with Gasteiger partial charge in [-0.1, -0.05) is 30.3 Å². The first-order valence-electron chi connectivity index (χ1n) is 8.67. The van der Waals surface area contributed by atoms with E-state index in [4.69, 9.17) is 5.73 Å². The number of amides is 2. The molecule has 1 aliphatic heterocycles. The molecule has 144 valence electrons. The molecule has 1 aromatic carbocycles. The Labute approximate surface area is 165 Å². The summed E-state index contributed by atoms with van der Waals surface area (Å²) in [5.74, 6) is -0.143. The summed E-state index contributed by atoms with van der Waals surface area (Å²) >= 11 is 0. The van der Waals surface area contributed by atoms with Crippen LogP contribution in [0.5, 0.6) is 0 Å². The van der Waals surface area contributed by atoms with Gasteiger partial charge in [-0.05, 0) is 24.6 Å². The van der Waals surface area contributed by atoms with E-state index in [9.17, 15) is 9.59 Å². The van der Waals surface area contributed by atoms with Crippen LogP contribution >= 0.6 is 12.4 Å². The predicted molar refractivity (Wildman–Crippen MR) is 107 cm³/mol. The molecule has 27 heavy (non-hydrogen) atoms. The number of hydrogen-bond donors (Lipinski definition) is 1. The largest absolute Gasteiger partial charge is 0.343 e. The Bertz CT molecular complexity index is 826. The van der Waals surface area contributed by atoms with Gasteiger partial charge in [0.25, 0.3) is 11.8 Å². The number of rotatable bonds is 3. The fraction of sp³-hybridized carbons (Fsp3) is 0.350. The molecule has 2 aromatic rings. The number of carbonyl (C=O) groups excluding carboxylic acids is 2. The second kappa shape index (κ2) is 8.50. The number of aromatic nitrogens is 1. The second-order valence-corrected chi connectivity index (χ2v) is 6.92. The number of aryl methyl sites for hydroxylation is 1. The second-order valence-electron chi connectivity index (χ2n) is 6.92. The quantitative estimate of drug-likeness (QED) is 0.873. The number of carbonyl (C=O) groups is 2. The lowest BCUT2D eigenvalue weighted by molar-refractivity contribution is 0.0783. The van der Waals surface area contributed by atoms with Crippen LogP contribution in [0.3, 0.4) is 0 Å². The summed E-state index contributed by atoms with van der Waals surface area (Å²) in [4.78, 5) is 32.5. The summed E-state index contributed by atoms with van der Waals surface area (Å²) < 4.78 is 0. The van der Waals surface area contributed by atoms with E-state index in [1.54, 1.807) is 38.1 Å². The SMILES string of the molecule is Cc1nc(C(=O)N(C)C)ccc1C(=O)N1C[C@@H](N)[C@H](c2ccccc2)C1.Cl. The molecule has 6 nitrogen and oxygen atoms in total. The molecule has 0 aliphatic carbocycles. The van der Waals surface area contributed by atoms with E-state index in [0.717, 1.165) is 5.56 Å². The van der Waals surface area contributed by atoms with Gasteiger partial charge in [-0.3, -0.25) is 9.59 Å². The van der Waals surface area contributed by atoms with Crippen LogP contribution in [0.4, 0.5) is 0 Å². The first-order valence-corrected chi connectivity index (χ1v) is 8.67. The van der Waals surface area contributed by atoms with Crippen molar-refractivity contribution in [2.75, 3.05) is 27.2 Å². The van der Waals surface area contributed by atoms with Gasteiger partial charge >= 0.3 is 0 Å². The van der Waals surface area contributed by atoms with E-state index in [0.29, 0.717) is 30.0 Å². The summed E-state index contributed by atoms with van der Waals surface area (Å²) in [5.41, 5.74) is 8.85. The van der Waals surface area contributed by atoms with Gasteiger partial charge in [-0.25, -0.2) is 4.98 Å². The van der Waals surface area contributed by atoms with Crippen LogP contribution in [0.15, 0.2) is 42.5 Å². The van der Waals surface area contributed by atoms with E-state index in [-0.39, 0.29) is 36.2 Å². The molecule has 7 heteroatoms. The van der Waals surface area contributed by atoms with Crippen molar-refractivity contribution in [2.24, 2.45) is 5.73 Å². The normalized spacial score (nSPS) is 18.7. The molecule has 1 saturated heterocycles. The molecule has 0 spiro atoms. The van der Waals surface area contributed by atoms with Gasteiger partial charge < -0.3 is 15.5 Å². The zero-order valence-electron chi connectivity index (χ0n) is 15.8. The van der Waals surface area contributed by atoms with Crippen molar-refractivity contribution >= 4 is 24.2 Å². The summed E-state index contributed by atoms with van der Waals surface area (Å²) in [5, 5.41) is 0. The summed E-state index contributed by atoms with van der Waals surface area (Å²) in [7, 11) is 3.35. The minimum Gasteiger partial charge on any atom is -0.343 e. The van der Waals surface area contributed by atoms with Crippen LogP contribution in [-0.2, 0) is 0 Å². The third kappa shape index (κ3) is 4.28. The van der Waals surface area contributed by atoms with Crippen molar-refractivity contribution < 1.29 is 9.59 Å². The fourth-order valence-electron chi connectivity index (χ4n) is 3.35. The number of nitrogens with zero attached hydrogens (tertiary/aromatic N) is 3. The lowest BCUT2D eigenvalue weighted by atomic mass is 9.95. The molecular formula is C20H25ClN4O2. The van der Waals surface area contributed by atoms with Gasteiger partial charge in [0.05, 0.1) is 11.3 Å². The van der Waals surface area contributed by atoms with Crippen LogP contribution in [0, 0.1) is 6.92 Å². The Kier molecular flexibility index (Phi) is 6.57. The molecule has 3 rings (SSSR count). The first kappa shape index (κ1) is 20.9. The Hall–Kier alpha value is -2.44. The lowest BCUT2D eigenvalue weighted by Crippen LogP contribution is -2.33. The Morgan fingerprint density at radius 3 is 2.37 bits per heavy atom. The van der Waals surface area contributed by atoms with Crippen LogP contribution in [0.25, 0.3) is 0 Å². The Morgan fingerprint density at radius 2 is 1.78 bits per heavy atom. The molecule has 2 N–H and O–H groups in total. The van der Waals surface area contributed by atoms with Crippen LogP contribution in [0.2, 0.25) is 0 Å². The maximum atomic E-state index is 12.9. The van der Waals surface area contributed by atoms with Crippen LogP contribution < -0.4 is 5.73 Å². The molecule has 0 bridgehead atoms. The van der Waals surface area contributed by atoms with Crippen molar-refractivity contribution in [3.05, 3.63) is 65.0 Å². The molecule has 1 aromatic heterocycles. The van der Waals surface area contributed by atoms with E-state index in [1.165, 1.54) is 4.90 Å². The Balaban J connectivity index is 0.00000261. The zero-order valence-corrected chi connectivity index (χ0v) is 16.6. The number of nitrogens with two attached hydrogens (primary N) is 1. The average molecular weight is 389 g/mol. The highest BCUT2D eigenvalue weighted by molar-refractivity contribution is 5.97. The summed E-state index contributed by atoms with van der Waals surface area (Å²) in [6, 6.07) is 13.2. The minimum absolute atomic E-state index is 0. The van der Waals surface area contributed by atoms with Crippen molar-refractivity contribution in [2.45, 2.75) is 18.9 Å². The molecule has 2 amide bonds. The summed E-state index contributed by atoms with van der Waals surface area (Å²) in [6.07, 6.45) is 0. The third-order valence-electron chi connectivity index (χ3n) is 4.82. The van der Waals surface area contributed by atoms with Crippen molar-refractivity contribution in [1.29, 1.82) is 0 Å². The van der Waals surface area contributed by atoms with E-state index in [2.05, 4.69) is 4.98 Å². The number of likely N-dealkylation sites (tertiary alicyclic amines) is 1. The maximum Gasteiger partial charge on any atom is 0.271 e. The highest BCUT2D eigenvalue weighted by atomic mass is 35.5. The lowest BCUT2D eigenvalue weighted by Gasteiger charge is -2.18. The minimum atomic E-state index is -0.181. The van der Waals surface area contributed by atoms with E-state index >= 15 is 0 Å². The molecule has 1 fully saturated rings. The van der Waals surface area contributed by atoms with Gasteiger partial charge in [0.15, 0.2) is 0 Å². The molecule has 0 radical (unpaired) electrons. The van der Waals surface area contributed by atoms with Crippen molar-refractivity contribution in [3.63, 3.8) is 0 Å². The van der Waals surface area contributed by atoms with Gasteiger partial charge in [0.1, 0.15) is 5.69 Å². The number of hydrogen-bond acceptors (Lipinski definition) is 4. The van der Waals surface area contributed by atoms with Crippen LogP contribution in [-0.4, -0.2) is 59.8 Å². The third-order valence-corrected chi connectivity index (χ3v) is 4.82. The van der Waals surface area contributed by atoms with E-state index in [1.807, 2.05) is 30.3 Å². The molecule has 0 saturated carbocycles. The van der Waals surface area contributed by atoms with E-state index < -0.39 is 0 Å². The standard InChI is InChI=1S/C20H24N4O2.ClH/c1-13-15(9-10-18(22-13)20(26)23(2)3)19(25)24-11-16(17(21)12-24)14-7-5-4-6-8-14;/h4-10,16-17H,11-12,21H2,1-3H3;1H/t16-,17+;/m0./s1. The zero-order chi connectivity index (χ0) is 18.8. The Morgan fingerprint density at radius 1 is 1.11 bits per heavy atom. The van der Waals surface area contributed by atoms with Gasteiger partial charge in [-0.15, -0.1) is 12.4 Å². The smallest absolute Gasteiger partial charge is 0.271 e. The van der Waals surface area contributed by atoms with Crippen molar-refractivity contribution in [1.82, 2.24) is 14.8 Å². The first-order chi connectivity index (χ1) is 12.4. The maximum absolute atomic E-state index is 12.9. The number of halogens is 1. The highest BCUT2D eigenvalue weighted by Crippen LogP contribution is 2.27. The molecular weight excluding hydrogens is 364 g/mol. The highest BCUT2D eigenvalue weighted by Gasteiger charge is 2.34. The topological polar surface area (TPSA) is 79.5 Å².